The average Bonchev–Trinajstić information content (AvgIpc) is 2.98. The van der Waals surface area contributed by atoms with Crippen LogP contribution in [-0.2, 0) is 4.79 Å². The summed E-state index contributed by atoms with van der Waals surface area (Å²) in [7, 11) is 0. The molecule has 0 aliphatic carbocycles. The molecule has 1 aliphatic rings. The highest BCUT2D eigenvalue weighted by Crippen LogP contribution is 2.35. The number of hydrazone groups is 1. The van der Waals surface area contributed by atoms with Crippen LogP contribution in [0.4, 0.5) is 0 Å². The van der Waals surface area contributed by atoms with E-state index in [1.54, 1.807) is 17.5 Å². The minimum Gasteiger partial charge on any atom is -0.299 e. The van der Waals surface area contributed by atoms with Gasteiger partial charge in [-0.15, -0.1) is 11.3 Å². The van der Waals surface area contributed by atoms with Gasteiger partial charge >= 0.3 is 0 Å². The van der Waals surface area contributed by atoms with E-state index in [-0.39, 0.29) is 6.04 Å². The molecule has 0 saturated heterocycles. The Labute approximate surface area is 115 Å². The van der Waals surface area contributed by atoms with E-state index in [1.165, 1.54) is 16.5 Å². The third kappa shape index (κ3) is 2.22. The molecular formula is C15H12N2OS. The first-order chi connectivity index (χ1) is 9.40. The second kappa shape index (κ2) is 5.20. The van der Waals surface area contributed by atoms with Crippen LogP contribution < -0.4 is 0 Å². The van der Waals surface area contributed by atoms with Gasteiger partial charge in [-0.3, -0.25) is 9.80 Å². The molecule has 0 amide bonds. The smallest absolute Gasteiger partial charge is 0.144 e. The van der Waals surface area contributed by atoms with Crippen molar-refractivity contribution in [3.8, 4) is 0 Å². The molecule has 1 unspecified atom stereocenters. The molecule has 0 radical (unpaired) electrons. The molecule has 0 fully saturated rings. The number of hydrogen-bond acceptors (Lipinski definition) is 4. The fourth-order valence-electron chi connectivity index (χ4n) is 2.19. The van der Waals surface area contributed by atoms with Crippen LogP contribution in [0.1, 0.15) is 22.0 Å². The molecular weight excluding hydrogens is 256 g/mol. The summed E-state index contributed by atoms with van der Waals surface area (Å²) in [6, 6.07) is 12.4. The second-order valence-electron chi connectivity index (χ2n) is 4.15. The van der Waals surface area contributed by atoms with Crippen LogP contribution in [0.25, 0.3) is 0 Å². The van der Waals surface area contributed by atoms with E-state index in [0.717, 1.165) is 11.8 Å². The van der Waals surface area contributed by atoms with Gasteiger partial charge in [0.1, 0.15) is 12.3 Å². The van der Waals surface area contributed by atoms with Crippen LogP contribution in [0.3, 0.4) is 0 Å². The van der Waals surface area contributed by atoms with E-state index < -0.39 is 0 Å². The van der Waals surface area contributed by atoms with Crippen LogP contribution in [0.2, 0.25) is 0 Å². The normalized spacial score (nSPS) is 17.7. The number of benzene rings is 1. The molecule has 94 valence electrons. The molecule has 1 aromatic heterocycles. The van der Waals surface area contributed by atoms with Crippen molar-refractivity contribution in [2.75, 3.05) is 0 Å². The van der Waals surface area contributed by atoms with Gasteiger partial charge in [-0.1, -0.05) is 30.3 Å². The first-order valence-corrected chi connectivity index (χ1v) is 6.85. The van der Waals surface area contributed by atoms with Crippen LogP contribution in [0.15, 0.2) is 59.2 Å². The lowest BCUT2D eigenvalue weighted by atomic mass is 9.98. The van der Waals surface area contributed by atoms with Crippen LogP contribution in [-0.4, -0.2) is 17.5 Å². The van der Waals surface area contributed by atoms with E-state index >= 15 is 0 Å². The van der Waals surface area contributed by atoms with Crippen LogP contribution >= 0.6 is 11.3 Å². The van der Waals surface area contributed by atoms with Gasteiger partial charge in [0.15, 0.2) is 0 Å². The van der Waals surface area contributed by atoms with E-state index in [0.29, 0.717) is 0 Å². The van der Waals surface area contributed by atoms with Crippen molar-refractivity contribution in [2.45, 2.75) is 6.04 Å². The van der Waals surface area contributed by atoms with Crippen molar-refractivity contribution in [3.05, 3.63) is 70.1 Å². The Morgan fingerprint density at radius 3 is 2.89 bits per heavy atom. The number of hydrogen-bond donors (Lipinski definition) is 0. The Hall–Kier alpha value is -2.20. The summed E-state index contributed by atoms with van der Waals surface area (Å²) in [4.78, 5) is 11.7. The number of rotatable bonds is 3. The maximum atomic E-state index is 10.5. The van der Waals surface area contributed by atoms with Crippen molar-refractivity contribution in [1.82, 2.24) is 5.01 Å². The third-order valence-corrected chi connectivity index (χ3v) is 3.94. The van der Waals surface area contributed by atoms with Gasteiger partial charge in [-0.2, -0.15) is 5.10 Å². The molecule has 3 nitrogen and oxygen atoms in total. The Morgan fingerprint density at radius 2 is 2.11 bits per heavy atom. The largest absolute Gasteiger partial charge is 0.299 e. The summed E-state index contributed by atoms with van der Waals surface area (Å²) in [5.74, 6) is 0. The molecule has 1 aliphatic heterocycles. The molecule has 2 aromatic rings. The monoisotopic (exact) mass is 268 g/mol. The predicted molar refractivity (Wildman–Crippen MR) is 77.2 cm³/mol. The minimum atomic E-state index is 0.0393. The number of aldehydes is 1. The van der Waals surface area contributed by atoms with Crippen LogP contribution in [0.5, 0.6) is 0 Å². The summed E-state index contributed by atoms with van der Waals surface area (Å²) < 4.78 is 0. The molecule has 1 atom stereocenters. The van der Waals surface area contributed by atoms with Gasteiger partial charge in [0.2, 0.25) is 0 Å². The number of carbonyl (C=O) groups excluding carboxylic acids is 1. The lowest BCUT2D eigenvalue weighted by molar-refractivity contribution is -0.104. The van der Waals surface area contributed by atoms with Gasteiger partial charge in [-0.25, -0.2) is 0 Å². The Kier molecular flexibility index (Phi) is 3.25. The molecule has 3 rings (SSSR count). The summed E-state index contributed by atoms with van der Waals surface area (Å²) in [5, 5.41) is 8.29. The fourth-order valence-corrected chi connectivity index (χ4v) is 3.03. The summed E-state index contributed by atoms with van der Waals surface area (Å²) >= 11 is 1.69. The zero-order valence-electron chi connectivity index (χ0n) is 10.1. The van der Waals surface area contributed by atoms with Gasteiger partial charge in [0.05, 0.1) is 6.21 Å². The SMILES string of the molecule is O=CC=CN1N=Cc2ccccc2C1c1cccs1. The molecule has 19 heavy (non-hydrogen) atoms. The standard InChI is InChI=1S/C15H12N2OS/c18-9-4-8-17-15(14-7-3-10-19-14)13-6-2-1-5-12(13)11-16-17/h1-11,15H. The summed E-state index contributed by atoms with van der Waals surface area (Å²) in [6.07, 6.45) is 5.77. The number of carbonyl (C=O) groups is 1. The zero-order chi connectivity index (χ0) is 13.1. The molecule has 4 heteroatoms. The van der Waals surface area contributed by atoms with Crippen molar-refractivity contribution >= 4 is 23.8 Å². The van der Waals surface area contributed by atoms with Crippen molar-refractivity contribution in [1.29, 1.82) is 0 Å². The van der Waals surface area contributed by atoms with E-state index in [1.807, 2.05) is 29.4 Å². The lowest BCUT2D eigenvalue weighted by Crippen LogP contribution is -2.23. The predicted octanol–water partition coefficient (Wildman–Crippen LogP) is 3.20. The molecule has 1 aromatic carbocycles. The molecule has 0 spiro atoms. The number of allylic oxidation sites excluding steroid dienone is 1. The van der Waals surface area contributed by atoms with E-state index in [9.17, 15) is 4.79 Å². The van der Waals surface area contributed by atoms with Gasteiger partial charge in [0.25, 0.3) is 0 Å². The Morgan fingerprint density at radius 1 is 1.21 bits per heavy atom. The van der Waals surface area contributed by atoms with Crippen molar-refractivity contribution in [2.24, 2.45) is 5.10 Å². The Balaban J connectivity index is 2.09. The van der Waals surface area contributed by atoms with Crippen LogP contribution in [0, 0.1) is 0 Å². The van der Waals surface area contributed by atoms with Crippen molar-refractivity contribution < 1.29 is 4.79 Å². The molecule has 0 N–H and O–H groups in total. The summed E-state index contributed by atoms with van der Waals surface area (Å²) in [6.45, 7) is 0. The van der Waals surface area contributed by atoms with Crippen molar-refractivity contribution in [3.63, 3.8) is 0 Å². The highest BCUT2D eigenvalue weighted by molar-refractivity contribution is 7.10. The molecule has 2 heterocycles. The summed E-state index contributed by atoms with van der Waals surface area (Å²) in [5.41, 5.74) is 2.33. The lowest BCUT2D eigenvalue weighted by Gasteiger charge is -2.30. The number of nitrogens with zero attached hydrogens (tertiary/aromatic N) is 2. The quantitative estimate of drug-likeness (QED) is 0.632. The molecule has 0 bridgehead atoms. The number of thiophene rings is 1. The minimum absolute atomic E-state index is 0.0393. The highest BCUT2D eigenvalue weighted by atomic mass is 32.1. The second-order valence-corrected chi connectivity index (χ2v) is 5.13. The van der Waals surface area contributed by atoms with Gasteiger partial charge in [-0.05, 0) is 23.1 Å². The van der Waals surface area contributed by atoms with Gasteiger partial charge < -0.3 is 0 Å². The topological polar surface area (TPSA) is 32.7 Å². The first kappa shape index (κ1) is 11.9. The average molecular weight is 268 g/mol. The number of fused-ring (bicyclic) bond motifs is 1. The fraction of sp³-hybridized carbons (Fsp3) is 0.0667. The maximum Gasteiger partial charge on any atom is 0.144 e. The Bertz CT molecular complexity index is 631. The van der Waals surface area contributed by atoms with Gasteiger partial charge in [0, 0.05) is 16.6 Å². The first-order valence-electron chi connectivity index (χ1n) is 5.97. The molecule has 0 saturated carbocycles. The zero-order valence-corrected chi connectivity index (χ0v) is 11.0. The van der Waals surface area contributed by atoms with E-state index in [4.69, 9.17) is 0 Å². The maximum absolute atomic E-state index is 10.5. The highest BCUT2D eigenvalue weighted by Gasteiger charge is 2.25. The third-order valence-electron chi connectivity index (χ3n) is 3.02. The van der Waals surface area contributed by atoms with E-state index in [2.05, 4.69) is 28.7 Å².